The number of nitrogens with one attached hydrogen (secondary N) is 1. The first kappa shape index (κ1) is 18.7. The van der Waals surface area contributed by atoms with Gasteiger partial charge in [0.2, 0.25) is 0 Å². The molecule has 0 bridgehead atoms. The maximum absolute atomic E-state index is 12.9. The van der Waals surface area contributed by atoms with E-state index >= 15 is 0 Å². The summed E-state index contributed by atoms with van der Waals surface area (Å²) in [6, 6.07) is 23.3. The van der Waals surface area contributed by atoms with Gasteiger partial charge in [0.1, 0.15) is 5.60 Å². The van der Waals surface area contributed by atoms with Crippen LogP contribution in [-0.2, 0) is 15.6 Å². The van der Waals surface area contributed by atoms with Gasteiger partial charge in [-0.25, -0.2) is 8.42 Å². The molecule has 4 nitrogen and oxygen atoms in total. The van der Waals surface area contributed by atoms with Crippen molar-refractivity contribution in [2.24, 2.45) is 5.92 Å². The molecule has 2 N–H and O–H groups in total. The number of hydrogen-bond donors (Lipinski definition) is 2. The molecule has 1 saturated carbocycles. The van der Waals surface area contributed by atoms with Crippen LogP contribution in [-0.4, -0.2) is 13.5 Å². The van der Waals surface area contributed by atoms with Crippen LogP contribution in [0.1, 0.15) is 29.5 Å². The van der Waals surface area contributed by atoms with Crippen molar-refractivity contribution < 1.29 is 13.5 Å². The molecule has 0 radical (unpaired) electrons. The fourth-order valence-corrected chi connectivity index (χ4v) is 4.71. The Balaban J connectivity index is 1.78. The van der Waals surface area contributed by atoms with Crippen molar-refractivity contribution in [1.29, 1.82) is 0 Å². The van der Waals surface area contributed by atoms with Crippen LogP contribution in [0.5, 0.6) is 0 Å². The van der Waals surface area contributed by atoms with Crippen LogP contribution in [0.3, 0.4) is 0 Å². The Bertz CT molecular complexity index is 1070. The largest absolute Gasteiger partial charge is 0.380 e. The first-order valence-corrected chi connectivity index (χ1v) is 10.9. The molecule has 3 aromatic carbocycles. The number of anilines is 1. The van der Waals surface area contributed by atoms with Gasteiger partial charge in [-0.1, -0.05) is 66.2 Å². The summed E-state index contributed by atoms with van der Waals surface area (Å²) in [5.41, 5.74) is 1.53. The zero-order chi connectivity index (χ0) is 19.8. The summed E-state index contributed by atoms with van der Waals surface area (Å²) in [6.07, 6.45) is 1.81. The summed E-state index contributed by atoms with van der Waals surface area (Å²) >= 11 is 0. The van der Waals surface area contributed by atoms with Gasteiger partial charge in [0, 0.05) is 5.56 Å². The highest BCUT2D eigenvalue weighted by atomic mass is 32.2. The molecular weight excluding hydrogens is 370 g/mol. The van der Waals surface area contributed by atoms with Gasteiger partial charge in [-0.15, -0.1) is 0 Å². The van der Waals surface area contributed by atoms with Gasteiger partial charge >= 0.3 is 0 Å². The Labute approximate surface area is 165 Å². The first-order valence-electron chi connectivity index (χ1n) is 9.38. The van der Waals surface area contributed by atoms with Crippen molar-refractivity contribution >= 4 is 15.7 Å². The van der Waals surface area contributed by atoms with E-state index in [4.69, 9.17) is 0 Å². The van der Waals surface area contributed by atoms with E-state index in [1.54, 1.807) is 42.5 Å². The SMILES string of the molecule is Cc1ccc(S(=O)(=O)Nc2ccccc2C(O)(c2ccccc2)C2CC2)cc1. The van der Waals surface area contributed by atoms with Crippen LogP contribution >= 0.6 is 0 Å². The summed E-state index contributed by atoms with van der Waals surface area (Å²) in [5, 5.41) is 11.7. The van der Waals surface area contributed by atoms with Crippen molar-refractivity contribution in [1.82, 2.24) is 0 Å². The van der Waals surface area contributed by atoms with Gasteiger partial charge in [0.05, 0.1) is 10.6 Å². The number of rotatable bonds is 6. The molecule has 28 heavy (non-hydrogen) atoms. The number of hydrogen-bond acceptors (Lipinski definition) is 3. The molecule has 3 aromatic rings. The zero-order valence-electron chi connectivity index (χ0n) is 15.7. The fraction of sp³-hybridized carbons (Fsp3) is 0.217. The molecule has 1 atom stereocenters. The Morgan fingerprint density at radius 3 is 2.14 bits per heavy atom. The standard InChI is InChI=1S/C23H23NO3S/c1-17-11-15-20(16-12-17)28(26,27)24-22-10-6-5-9-21(22)23(25,19-13-14-19)18-7-3-2-4-8-18/h2-12,15-16,19,24-25H,13-14H2,1H3. The van der Waals surface area contributed by atoms with Gasteiger partial charge < -0.3 is 5.11 Å². The second-order valence-electron chi connectivity index (χ2n) is 7.37. The fourth-order valence-electron chi connectivity index (χ4n) is 3.63. The van der Waals surface area contributed by atoms with Crippen molar-refractivity contribution in [3.05, 3.63) is 95.6 Å². The highest BCUT2D eigenvalue weighted by Crippen LogP contribution is 2.51. The summed E-state index contributed by atoms with van der Waals surface area (Å²) in [7, 11) is -3.76. The molecule has 1 aliphatic carbocycles. The Morgan fingerprint density at radius 2 is 1.50 bits per heavy atom. The quantitative estimate of drug-likeness (QED) is 0.651. The van der Waals surface area contributed by atoms with E-state index in [1.807, 2.05) is 43.3 Å². The predicted octanol–water partition coefficient (Wildman–Crippen LogP) is 4.44. The molecule has 144 valence electrons. The molecule has 1 aliphatic rings. The molecular formula is C23H23NO3S. The number of aryl methyl sites for hydroxylation is 1. The van der Waals surface area contributed by atoms with E-state index in [-0.39, 0.29) is 10.8 Å². The topological polar surface area (TPSA) is 66.4 Å². The van der Waals surface area contributed by atoms with Gasteiger partial charge in [0.15, 0.2) is 0 Å². The van der Waals surface area contributed by atoms with E-state index in [0.29, 0.717) is 11.3 Å². The van der Waals surface area contributed by atoms with Crippen LogP contribution in [0.15, 0.2) is 83.8 Å². The summed E-state index contributed by atoms with van der Waals surface area (Å²) in [5.74, 6) is 0.0694. The number of para-hydroxylation sites is 1. The lowest BCUT2D eigenvalue weighted by atomic mass is 9.81. The van der Waals surface area contributed by atoms with E-state index in [1.165, 1.54) is 0 Å². The maximum atomic E-state index is 12.9. The lowest BCUT2D eigenvalue weighted by molar-refractivity contribution is 0.0572. The van der Waals surface area contributed by atoms with Crippen LogP contribution < -0.4 is 4.72 Å². The van der Waals surface area contributed by atoms with Crippen LogP contribution in [0, 0.1) is 12.8 Å². The van der Waals surface area contributed by atoms with E-state index < -0.39 is 15.6 Å². The second-order valence-corrected chi connectivity index (χ2v) is 9.05. The van der Waals surface area contributed by atoms with E-state index in [2.05, 4.69) is 4.72 Å². The lowest BCUT2D eigenvalue weighted by Gasteiger charge is -2.31. The van der Waals surface area contributed by atoms with Gasteiger partial charge in [-0.05, 0) is 49.4 Å². The van der Waals surface area contributed by atoms with Crippen molar-refractivity contribution in [2.45, 2.75) is 30.3 Å². The Kier molecular flexibility index (Phi) is 4.73. The monoisotopic (exact) mass is 393 g/mol. The second kappa shape index (κ2) is 7.08. The minimum absolute atomic E-state index is 0.0694. The average Bonchev–Trinajstić information content (AvgIpc) is 3.54. The third-order valence-electron chi connectivity index (χ3n) is 5.30. The maximum Gasteiger partial charge on any atom is 0.261 e. The van der Waals surface area contributed by atoms with Gasteiger partial charge in [0.25, 0.3) is 10.0 Å². The molecule has 1 unspecified atom stereocenters. The highest BCUT2D eigenvalue weighted by Gasteiger charge is 2.47. The minimum Gasteiger partial charge on any atom is -0.380 e. The molecule has 0 aliphatic heterocycles. The number of benzene rings is 3. The lowest BCUT2D eigenvalue weighted by Crippen LogP contribution is -2.31. The molecule has 0 aromatic heterocycles. The van der Waals surface area contributed by atoms with Gasteiger partial charge in [-0.3, -0.25) is 4.72 Å². The normalized spacial score (nSPS) is 16.4. The molecule has 0 saturated heterocycles. The van der Waals surface area contributed by atoms with E-state index in [0.717, 1.165) is 24.0 Å². The minimum atomic E-state index is -3.76. The molecule has 0 spiro atoms. The predicted molar refractivity (Wildman–Crippen MR) is 111 cm³/mol. The molecule has 0 amide bonds. The van der Waals surface area contributed by atoms with Crippen LogP contribution in [0.2, 0.25) is 0 Å². The number of aliphatic hydroxyl groups is 1. The third kappa shape index (κ3) is 3.43. The third-order valence-corrected chi connectivity index (χ3v) is 6.68. The molecule has 4 rings (SSSR count). The average molecular weight is 394 g/mol. The Morgan fingerprint density at radius 1 is 0.893 bits per heavy atom. The summed E-state index contributed by atoms with van der Waals surface area (Å²) in [4.78, 5) is 0.197. The zero-order valence-corrected chi connectivity index (χ0v) is 16.5. The first-order chi connectivity index (χ1) is 13.4. The highest BCUT2D eigenvalue weighted by molar-refractivity contribution is 7.92. The Hall–Kier alpha value is -2.63. The molecule has 1 fully saturated rings. The van der Waals surface area contributed by atoms with Gasteiger partial charge in [-0.2, -0.15) is 0 Å². The smallest absolute Gasteiger partial charge is 0.261 e. The summed E-state index contributed by atoms with van der Waals surface area (Å²) < 4.78 is 28.5. The van der Waals surface area contributed by atoms with Crippen molar-refractivity contribution in [2.75, 3.05) is 4.72 Å². The van der Waals surface area contributed by atoms with Crippen LogP contribution in [0.25, 0.3) is 0 Å². The van der Waals surface area contributed by atoms with Crippen molar-refractivity contribution in [3.63, 3.8) is 0 Å². The van der Waals surface area contributed by atoms with Crippen LogP contribution in [0.4, 0.5) is 5.69 Å². The van der Waals surface area contributed by atoms with Crippen molar-refractivity contribution in [3.8, 4) is 0 Å². The number of sulfonamides is 1. The van der Waals surface area contributed by atoms with E-state index in [9.17, 15) is 13.5 Å². The summed E-state index contributed by atoms with van der Waals surface area (Å²) in [6.45, 7) is 1.91. The molecule has 5 heteroatoms. The molecule has 0 heterocycles.